The molecule has 0 fully saturated rings. The van der Waals surface area contributed by atoms with Crippen LogP contribution in [-0.2, 0) is 11.3 Å². The predicted octanol–water partition coefficient (Wildman–Crippen LogP) is 3.72. The molecular weight excluding hydrogens is 234 g/mol. The van der Waals surface area contributed by atoms with E-state index in [1.165, 1.54) is 16.7 Å². The second-order valence-corrected chi connectivity index (χ2v) is 4.78. The third-order valence-corrected chi connectivity index (χ3v) is 3.53. The average Bonchev–Trinajstić information content (AvgIpc) is 2.44. The number of fused-ring (bicyclic) bond motifs is 2. The molecule has 1 aliphatic rings. The number of allylic oxidation sites excluding steroid dienone is 1. The highest BCUT2D eigenvalue weighted by molar-refractivity contribution is 5.90. The van der Waals surface area contributed by atoms with Crippen molar-refractivity contribution >= 4 is 23.7 Å². The zero-order chi connectivity index (χ0) is 13.2. The largest absolute Gasteiger partial charge is 0.310 e. The fourth-order valence-corrected chi connectivity index (χ4v) is 2.59. The van der Waals surface area contributed by atoms with E-state index in [2.05, 4.69) is 25.1 Å². The number of carbonyl (C=O) groups is 1. The van der Waals surface area contributed by atoms with Gasteiger partial charge in [-0.05, 0) is 41.3 Å². The van der Waals surface area contributed by atoms with E-state index in [0.29, 0.717) is 6.54 Å². The number of rotatable bonds is 1. The summed E-state index contributed by atoms with van der Waals surface area (Å²) < 4.78 is 0. The molecule has 19 heavy (non-hydrogen) atoms. The zero-order valence-corrected chi connectivity index (χ0v) is 10.8. The number of nitrogens with zero attached hydrogens (tertiary/aromatic N) is 1. The normalized spacial score (nSPS) is 16.5. The minimum absolute atomic E-state index is 0.613. The Bertz CT molecular complexity index is 658. The quantitative estimate of drug-likeness (QED) is 0.705. The number of hydrogen-bond acceptors (Lipinski definition) is 1. The molecule has 0 radical (unpaired) electrons. The van der Waals surface area contributed by atoms with Crippen molar-refractivity contribution in [3.63, 3.8) is 0 Å². The van der Waals surface area contributed by atoms with Gasteiger partial charge in [-0.3, -0.25) is 4.79 Å². The minimum atomic E-state index is 0.613. The highest BCUT2D eigenvalue weighted by Gasteiger charge is 2.15. The predicted molar refractivity (Wildman–Crippen MR) is 78.7 cm³/mol. The molecule has 2 heteroatoms. The van der Waals surface area contributed by atoms with E-state index in [1.54, 1.807) is 4.90 Å². The van der Waals surface area contributed by atoms with Crippen molar-refractivity contribution in [2.24, 2.45) is 0 Å². The lowest BCUT2D eigenvalue weighted by atomic mass is 9.96. The van der Waals surface area contributed by atoms with Crippen LogP contribution in [0, 0.1) is 0 Å². The van der Waals surface area contributed by atoms with Crippen LogP contribution in [0.15, 0.2) is 48.5 Å². The van der Waals surface area contributed by atoms with Crippen LogP contribution in [0.4, 0.5) is 5.69 Å². The molecule has 0 N–H and O–H groups in total. The Kier molecular flexibility index (Phi) is 2.92. The molecule has 0 spiro atoms. The van der Waals surface area contributed by atoms with Crippen LogP contribution >= 0.6 is 0 Å². The van der Waals surface area contributed by atoms with Crippen LogP contribution in [-0.4, -0.2) is 6.41 Å². The Labute approximate surface area is 113 Å². The van der Waals surface area contributed by atoms with Crippen molar-refractivity contribution < 1.29 is 4.79 Å². The first-order chi connectivity index (χ1) is 9.29. The number of amides is 1. The van der Waals surface area contributed by atoms with Gasteiger partial charge in [0.05, 0.1) is 12.2 Å². The van der Waals surface area contributed by atoms with Crippen LogP contribution in [0.1, 0.15) is 23.6 Å². The van der Waals surface area contributed by atoms with Gasteiger partial charge in [-0.25, -0.2) is 0 Å². The van der Waals surface area contributed by atoms with Crippen molar-refractivity contribution in [1.82, 2.24) is 0 Å². The number of para-hydroxylation sites is 1. The Morgan fingerprint density at radius 1 is 1.05 bits per heavy atom. The summed E-state index contributed by atoms with van der Waals surface area (Å²) in [6.07, 6.45) is 3.05. The van der Waals surface area contributed by atoms with Gasteiger partial charge in [-0.1, -0.05) is 42.5 Å². The zero-order valence-electron chi connectivity index (χ0n) is 10.8. The second-order valence-electron chi connectivity index (χ2n) is 4.78. The molecule has 0 saturated heterocycles. The van der Waals surface area contributed by atoms with Gasteiger partial charge in [0.25, 0.3) is 0 Å². The van der Waals surface area contributed by atoms with Crippen LogP contribution in [0.3, 0.4) is 0 Å². The molecule has 94 valence electrons. The molecular formula is C17H15NO. The van der Waals surface area contributed by atoms with Gasteiger partial charge < -0.3 is 4.90 Å². The van der Waals surface area contributed by atoms with Crippen LogP contribution in [0.25, 0.3) is 11.6 Å². The van der Waals surface area contributed by atoms with Gasteiger partial charge >= 0.3 is 0 Å². The third kappa shape index (κ3) is 2.06. The first kappa shape index (κ1) is 11.7. The van der Waals surface area contributed by atoms with E-state index in [0.717, 1.165) is 17.7 Å². The average molecular weight is 249 g/mol. The molecule has 3 rings (SSSR count). The Balaban J connectivity index is 2.25. The molecule has 2 aromatic carbocycles. The molecule has 1 heterocycles. The topological polar surface area (TPSA) is 20.3 Å². The molecule has 0 bridgehead atoms. The number of anilines is 1. The molecule has 2 aromatic rings. The van der Waals surface area contributed by atoms with Gasteiger partial charge in [0.1, 0.15) is 0 Å². The summed E-state index contributed by atoms with van der Waals surface area (Å²) in [4.78, 5) is 13.1. The lowest BCUT2D eigenvalue weighted by Gasteiger charge is -2.24. The minimum Gasteiger partial charge on any atom is -0.310 e. The number of carbonyl (C=O) groups excluding carboxylic acids is 1. The summed E-state index contributed by atoms with van der Waals surface area (Å²) in [5.41, 5.74) is 5.67. The highest BCUT2D eigenvalue weighted by Crippen LogP contribution is 2.31. The maximum absolute atomic E-state index is 11.4. The lowest BCUT2D eigenvalue weighted by molar-refractivity contribution is -0.107. The van der Waals surface area contributed by atoms with E-state index < -0.39 is 0 Å². The Morgan fingerprint density at radius 3 is 2.63 bits per heavy atom. The fraction of sp³-hybridized carbons (Fsp3) is 0.118. The first-order valence-electron chi connectivity index (χ1n) is 6.37. The standard InChI is InChI=1S/C17H15NO/c1-13-10-14-6-3-5-9-17(14)18(12-19)11-15-7-2-4-8-16(13)15/h2-10,12H,11H2,1H3/b13-10-. The van der Waals surface area contributed by atoms with E-state index >= 15 is 0 Å². The van der Waals surface area contributed by atoms with Crippen molar-refractivity contribution in [3.05, 3.63) is 65.2 Å². The molecule has 0 atom stereocenters. The molecule has 1 aliphatic heterocycles. The van der Waals surface area contributed by atoms with Crippen molar-refractivity contribution in [2.75, 3.05) is 4.90 Å². The van der Waals surface area contributed by atoms with Crippen molar-refractivity contribution in [2.45, 2.75) is 13.5 Å². The van der Waals surface area contributed by atoms with E-state index in [1.807, 2.05) is 36.4 Å². The van der Waals surface area contributed by atoms with Crippen molar-refractivity contribution in [1.29, 1.82) is 0 Å². The highest BCUT2D eigenvalue weighted by atomic mass is 16.1. The Hall–Kier alpha value is -2.35. The summed E-state index contributed by atoms with van der Waals surface area (Å²) in [6, 6.07) is 16.2. The summed E-state index contributed by atoms with van der Waals surface area (Å²) in [5, 5.41) is 0. The second kappa shape index (κ2) is 4.73. The maximum Gasteiger partial charge on any atom is 0.214 e. The van der Waals surface area contributed by atoms with Gasteiger partial charge in [0.2, 0.25) is 6.41 Å². The van der Waals surface area contributed by atoms with Gasteiger partial charge in [-0.2, -0.15) is 0 Å². The monoisotopic (exact) mass is 249 g/mol. The first-order valence-corrected chi connectivity index (χ1v) is 6.37. The molecule has 0 unspecified atom stereocenters. The molecule has 1 amide bonds. The fourth-order valence-electron chi connectivity index (χ4n) is 2.59. The van der Waals surface area contributed by atoms with Crippen LogP contribution in [0.5, 0.6) is 0 Å². The van der Waals surface area contributed by atoms with Gasteiger partial charge in [0.15, 0.2) is 0 Å². The van der Waals surface area contributed by atoms with Crippen LogP contribution in [0.2, 0.25) is 0 Å². The van der Waals surface area contributed by atoms with Gasteiger partial charge in [0, 0.05) is 0 Å². The summed E-state index contributed by atoms with van der Waals surface area (Å²) in [5.74, 6) is 0. The molecule has 0 aliphatic carbocycles. The number of benzene rings is 2. The van der Waals surface area contributed by atoms with Gasteiger partial charge in [-0.15, -0.1) is 0 Å². The number of hydrogen-bond donors (Lipinski definition) is 0. The third-order valence-electron chi connectivity index (χ3n) is 3.53. The van der Waals surface area contributed by atoms with Crippen LogP contribution < -0.4 is 4.90 Å². The maximum atomic E-state index is 11.4. The Morgan fingerprint density at radius 2 is 1.79 bits per heavy atom. The van der Waals surface area contributed by atoms with E-state index in [4.69, 9.17) is 0 Å². The van der Waals surface area contributed by atoms with Crippen molar-refractivity contribution in [3.8, 4) is 0 Å². The molecule has 2 nitrogen and oxygen atoms in total. The molecule has 0 saturated carbocycles. The molecule has 0 aromatic heterocycles. The lowest BCUT2D eigenvalue weighted by Crippen LogP contribution is -2.22. The smallest absolute Gasteiger partial charge is 0.214 e. The summed E-state index contributed by atoms with van der Waals surface area (Å²) in [6.45, 7) is 2.73. The van der Waals surface area contributed by atoms with E-state index in [-0.39, 0.29) is 0 Å². The summed E-state index contributed by atoms with van der Waals surface area (Å²) >= 11 is 0. The van der Waals surface area contributed by atoms with E-state index in [9.17, 15) is 4.79 Å². The summed E-state index contributed by atoms with van der Waals surface area (Å²) in [7, 11) is 0. The SMILES string of the molecule is C/C1=C/c2ccccc2N(C=O)Cc2ccccc21.